The molecule has 0 aliphatic rings. The maximum absolute atomic E-state index is 7.73. The zero-order valence-corrected chi connectivity index (χ0v) is 5.58. The number of nitrogens with two attached hydrogens (primary N) is 1. The fraction of sp³-hybridized carbons (Fsp3) is 0. The Hall–Kier alpha value is -1.50. The Morgan fingerprint density at radius 3 is 2.64 bits per heavy atom. The summed E-state index contributed by atoms with van der Waals surface area (Å²) in [6.45, 7) is 0. The van der Waals surface area contributed by atoms with Gasteiger partial charge in [-0.2, -0.15) is 0 Å². The smallest absolute Gasteiger partial charge is 0.0645 e. The largest absolute Gasteiger partial charge is 0.398 e. The Labute approximate surface area is 75.3 Å². The van der Waals surface area contributed by atoms with Crippen LogP contribution in [0.1, 0.15) is 9.60 Å². The molecule has 0 unspecified atom stereocenters. The molecule has 0 fully saturated rings. The molecule has 2 N–H and O–H groups in total. The zero-order chi connectivity index (χ0) is 13.8. The summed E-state index contributed by atoms with van der Waals surface area (Å²) >= 11 is 0. The lowest BCUT2D eigenvalue weighted by Crippen LogP contribution is -1.84. The molecule has 1 nitrogen and oxygen atoms in total. The normalized spacial score (nSPS) is 19.1. The van der Waals surface area contributed by atoms with Gasteiger partial charge in [-0.1, -0.05) is 36.3 Å². The summed E-state index contributed by atoms with van der Waals surface area (Å²) in [7, 11) is 0. The van der Waals surface area contributed by atoms with Gasteiger partial charge < -0.3 is 5.73 Å². The molecule has 0 heterocycles. The molecule has 2 aromatic carbocycles. The van der Waals surface area contributed by atoms with Crippen molar-refractivity contribution < 1.29 is 9.60 Å². The molecule has 0 aliphatic heterocycles. The predicted octanol–water partition coefficient (Wildman–Crippen LogP) is 2.42. The minimum atomic E-state index is -0.475. The van der Waals surface area contributed by atoms with Crippen LogP contribution in [0.5, 0.6) is 0 Å². The molecular formula is C10H9N. The Morgan fingerprint density at radius 1 is 1.00 bits per heavy atom. The van der Waals surface area contributed by atoms with Crippen LogP contribution >= 0.6 is 0 Å². The lowest BCUT2D eigenvalue weighted by molar-refractivity contribution is 1.73. The summed E-state index contributed by atoms with van der Waals surface area (Å²) in [5.74, 6) is 0. The lowest BCUT2D eigenvalue weighted by Gasteiger charge is -1.98. The van der Waals surface area contributed by atoms with Gasteiger partial charge in [-0.25, -0.2) is 0 Å². The molecule has 0 saturated carbocycles. The molecule has 54 valence electrons. The first-order valence-electron chi connectivity index (χ1n) is 6.54. The number of hydrogen-bond acceptors (Lipinski definition) is 1. The Kier molecular flexibility index (Phi) is 0.463. The third-order valence-electron chi connectivity index (χ3n) is 1.34. The van der Waals surface area contributed by atoms with Gasteiger partial charge in [0.1, 0.15) is 0 Å². The van der Waals surface area contributed by atoms with E-state index in [9.17, 15) is 0 Å². The summed E-state index contributed by atoms with van der Waals surface area (Å²) in [5, 5.41) is -0.175. The second-order valence-electron chi connectivity index (χ2n) is 2.04. The highest BCUT2D eigenvalue weighted by Gasteiger charge is 1.92. The van der Waals surface area contributed by atoms with Crippen LogP contribution in [0, 0.1) is 0 Å². The molecule has 1 heteroatoms. The maximum atomic E-state index is 7.73. The predicted molar refractivity (Wildman–Crippen MR) is 48.4 cm³/mol. The zero-order valence-electron chi connectivity index (χ0n) is 12.6. The first-order chi connectivity index (χ1) is 8.29. The highest BCUT2D eigenvalue weighted by molar-refractivity contribution is 5.92. The topological polar surface area (TPSA) is 26.0 Å². The van der Waals surface area contributed by atoms with E-state index in [0.29, 0.717) is 0 Å². The van der Waals surface area contributed by atoms with Crippen molar-refractivity contribution in [2.24, 2.45) is 0 Å². The minimum absolute atomic E-state index is 0.0630. The van der Waals surface area contributed by atoms with Gasteiger partial charge in [0.2, 0.25) is 0 Å². The SMILES string of the molecule is [2H]c1c([2H])c([2H])c2c(N)c([2H])c([2H])c([2H])c2c1[2H]. The van der Waals surface area contributed by atoms with Crippen molar-refractivity contribution in [3.63, 3.8) is 0 Å². The molecule has 0 bridgehead atoms. The second kappa shape index (κ2) is 2.27. The fourth-order valence-electron chi connectivity index (χ4n) is 0.832. The summed E-state index contributed by atoms with van der Waals surface area (Å²) in [5.41, 5.74) is 5.44. The summed E-state index contributed by atoms with van der Waals surface area (Å²) < 4.78 is 53.4. The average Bonchev–Trinajstić information content (AvgIpc) is 2.35. The number of hydrogen-bond donors (Lipinski definition) is 1. The van der Waals surface area contributed by atoms with E-state index in [0.717, 1.165) is 0 Å². The van der Waals surface area contributed by atoms with Crippen molar-refractivity contribution in [3.8, 4) is 0 Å². The number of anilines is 1. The molecule has 2 rings (SSSR count). The van der Waals surface area contributed by atoms with E-state index in [2.05, 4.69) is 0 Å². The van der Waals surface area contributed by atoms with Crippen LogP contribution < -0.4 is 5.73 Å². The minimum Gasteiger partial charge on any atom is -0.398 e. The van der Waals surface area contributed by atoms with Gasteiger partial charge in [-0.3, -0.25) is 0 Å². The molecule has 0 aromatic heterocycles. The fourth-order valence-corrected chi connectivity index (χ4v) is 0.832. The third-order valence-corrected chi connectivity index (χ3v) is 1.34. The Bertz CT molecular complexity index is 567. The standard InChI is InChI=1S/C10H9N/c11-10-7-3-5-8-4-1-2-6-9(8)10/h1-7H,11H2/i1D,2D,3D,4D,5D,6D,7D. The number of benzene rings is 2. The summed E-state index contributed by atoms with van der Waals surface area (Å²) in [6.07, 6.45) is 0. The number of nitrogen functional groups attached to an aromatic ring is 1. The van der Waals surface area contributed by atoms with E-state index in [-0.39, 0.29) is 22.5 Å². The van der Waals surface area contributed by atoms with Gasteiger partial charge in [0.15, 0.2) is 0 Å². The average molecular weight is 150 g/mol. The Balaban J connectivity index is 3.22. The van der Waals surface area contributed by atoms with Gasteiger partial charge in [0, 0.05) is 11.1 Å². The van der Waals surface area contributed by atoms with Gasteiger partial charge in [0.05, 0.1) is 9.60 Å². The van der Waals surface area contributed by atoms with Gasteiger partial charge in [-0.05, 0) is 11.4 Å². The van der Waals surface area contributed by atoms with Crippen LogP contribution in [-0.2, 0) is 0 Å². The van der Waals surface area contributed by atoms with E-state index in [1.807, 2.05) is 0 Å². The van der Waals surface area contributed by atoms with Crippen LogP contribution in [0.2, 0.25) is 0 Å². The maximum Gasteiger partial charge on any atom is 0.0645 e. The lowest BCUT2D eigenvalue weighted by atomic mass is 10.1. The van der Waals surface area contributed by atoms with E-state index in [4.69, 9.17) is 15.3 Å². The van der Waals surface area contributed by atoms with Crippen molar-refractivity contribution in [3.05, 3.63) is 42.3 Å². The molecule has 0 saturated heterocycles. The molecular weight excluding hydrogens is 134 g/mol. The third kappa shape index (κ3) is 0.944. The van der Waals surface area contributed by atoms with Crippen LogP contribution in [0.25, 0.3) is 10.8 Å². The van der Waals surface area contributed by atoms with E-state index >= 15 is 0 Å². The van der Waals surface area contributed by atoms with Crippen LogP contribution in [0.3, 0.4) is 0 Å². The molecule has 0 atom stereocenters. The second-order valence-corrected chi connectivity index (χ2v) is 2.04. The molecule has 2 aromatic rings. The van der Waals surface area contributed by atoms with E-state index < -0.39 is 36.3 Å². The quantitative estimate of drug-likeness (QED) is 0.573. The van der Waals surface area contributed by atoms with Crippen LogP contribution in [0.15, 0.2) is 42.3 Å². The number of fused-ring (bicyclic) bond motifs is 1. The highest BCUT2D eigenvalue weighted by Crippen LogP contribution is 2.19. The molecule has 11 heavy (non-hydrogen) atoms. The first-order valence-corrected chi connectivity index (χ1v) is 3.04. The molecule has 0 amide bonds. The van der Waals surface area contributed by atoms with Gasteiger partial charge in [-0.15, -0.1) is 0 Å². The summed E-state index contributed by atoms with van der Waals surface area (Å²) in [4.78, 5) is 0. The highest BCUT2D eigenvalue weighted by atomic mass is 14.5. The van der Waals surface area contributed by atoms with Gasteiger partial charge in [0.25, 0.3) is 0 Å². The van der Waals surface area contributed by atoms with E-state index in [1.54, 1.807) is 0 Å². The summed E-state index contributed by atoms with van der Waals surface area (Å²) in [6, 6.07) is -2.96. The van der Waals surface area contributed by atoms with Crippen molar-refractivity contribution in [2.45, 2.75) is 0 Å². The van der Waals surface area contributed by atoms with Crippen LogP contribution in [-0.4, -0.2) is 0 Å². The van der Waals surface area contributed by atoms with Gasteiger partial charge >= 0.3 is 0 Å². The van der Waals surface area contributed by atoms with E-state index in [1.165, 1.54) is 0 Å². The van der Waals surface area contributed by atoms with Crippen molar-refractivity contribution in [1.29, 1.82) is 0 Å². The van der Waals surface area contributed by atoms with Crippen molar-refractivity contribution in [2.75, 3.05) is 5.73 Å². The number of rotatable bonds is 0. The molecule has 0 aliphatic carbocycles. The molecule has 0 spiro atoms. The van der Waals surface area contributed by atoms with Crippen molar-refractivity contribution >= 4 is 16.5 Å². The first kappa shape index (κ1) is 2.24. The van der Waals surface area contributed by atoms with Crippen LogP contribution in [0.4, 0.5) is 5.69 Å². The monoisotopic (exact) mass is 150 g/mol. The van der Waals surface area contributed by atoms with Crippen molar-refractivity contribution in [1.82, 2.24) is 0 Å². The Morgan fingerprint density at radius 2 is 1.73 bits per heavy atom. The molecule has 0 radical (unpaired) electrons.